The average Bonchev–Trinajstić information content (AvgIpc) is 3.11. The van der Waals surface area contributed by atoms with Crippen molar-refractivity contribution in [1.82, 2.24) is 15.5 Å². The molecular formula is C20H22FN5O. The van der Waals surface area contributed by atoms with E-state index in [1.54, 1.807) is 18.2 Å². The number of hydrogen-bond acceptors (Lipinski definition) is 5. The molecule has 1 aromatic heterocycles. The molecule has 2 heterocycles. The van der Waals surface area contributed by atoms with Gasteiger partial charge >= 0.3 is 0 Å². The molecule has 1 aliphatic heterocycles. The molecule has 1 amide bonds. The maximum absolute atomic E-state index is 14.2. The lowest BCUT2D eigenvalue weighted by Gasteiger charge is -2.17. The minimum Gasteiger partial charge on any atom is -0.353 e. The van der Waals surface area contributed by atoms with Gasteiger partial charge < -0.3 is 10.2 Å². The number of nitriles is 1. The second kappa shape index (κ2) is 8.12. The van der Waals surface area contributed by atoms with E-state index in [1.807, 2.05) is 30.9 Å². The molecule has 140 valence electrons. The van der Waals surface area contributed by atoms with Crippen LogP contribution in [0.4, 0.5) is 10.2 Å². The molecule has 7 heteroatoms. The standard InChI is InChI=1S/C20H22FN5O/c1-13(2)14-3-4-15(18(21)9-14)10-20(27)23-17-7-8-26(12-17)19-6-5-16(11-22)24-25-19/h3-6,9,13,17H,7-8,10,12H2,1-2H3,(H,23,27)/t17-/m0/s1. The van der Waals surface area contributed by atoms with E-state index in [9.17, 15) is 9.18 Å². The van der Waals surface area contributed by atoms with Gasteiger partial charge in [0.25, 0.3) is 0 Å². The summed E-state index contributed by atoms with van der Waals surface area (Å²) < 4.78 is 14.2. The van der Waals surface area contributed by atoms with Gasteiger partial charge in [0.2, 0.25) is 5.91 Å². The highest BCUT2D eigenvalue weighted by molar-refractivity contribution is 5.79. The Morgan fingerprint density at radius 3 is 2.81 bits per heavy atom. The summed E-state index contributed by atoms with van der Waals surface area (Å²) in [6.07, 6.45) is 0.805. The number of benzene rings is 1. The van der Waals surface area contributed by atoms with Crippen molar-refractivity contribution in [2.45, 2.75) is 38.6 Å². The summed E-state index contributed by atoms with van der Waals surface area (Å²) in [6.45, 7) is 5.36. The third-order valence-electron chi connectivity index (χ3n) is 4.74. The quantitative estimate of drug-likeness (QED) is 0.878. The van der Waals surface area contributed by atoms with Crippen LogP contribution in [0.5, 0.6) is 0 Å². The summed E-state index contributed by atoms with van der Waals surface area (Å²) in [7, 11) is 0. The molecule has 0 bridgehead atoms. The monoisotopic (exact) mass is 367 g/mol. The molecule has 0 spiro atoms. The molecule has 1 aliphatic rings. The van der Waals surface area contributed by atoms with Crippen LogP contribution < -0.4 is 10.2 Å². The lowest BCUT2D eigenvalue weighted by Crippen LogP contribution is -2.38. The predicted octanol–water partition coefficient (Wildman–Crippen LogP) is 2.55. The first-order valence-electron chi connectivity index (χ1n) is 9.02. The van der Waals surface area contributed by atoms with Crippen LogP contribution in [0, 0.1) is 17.1 Å². The number of amides is 1. The van der Waals surface area contributed by atoms with Crippen LogP contribution >= 0.6 is 0 Å². The third-order valence-corrected chi connectivity index (χ3v) is 4.74. The van der Waals surface area contributed by atoms with Gasteiger partial charge in [-0.1, -0.05) is 26.0 Å². The molecule has 1 aromatic carbocycles. The maximum Gasteiger partial charge on any atom is 0.224 e. The van der Waals surface area contributed by atoms with Crippen molar-refractivity contribution in [3.05, 3.63) is 53.0 Å². The topological polar surface area (TPSA) is 81.9 Å². The van der Waals surface area contributed by atoms with E-state index < -0.39 is 0 Å². The number of aromatic nitrogens is 2. The van der Waals surface area contributed by atoms with Gasteiger partial charge in [-0.05, 0) is 41.7 Å². The van der Waals surface area contributed by atoms with Crippen molar-refractivity contribution in [2.24, 2.45) is 0 Å². The summed E-state index contributed by atoms with van der Waals surface area (Å²) in [5.41, 5.74) is 1.60. The Labute approximate surface area is 158 Å². The summed E-state index contributed by atoms with van der Waals surface area (Å²) >= 11 is 0. The third kappa shape index (κ3) is 4.59. The molecule has 0 unspecified atom stereocenters. The minimum absolute atomic E-state index is 0.0204. The van der Waals surface area contributed by atoms with E-state index in [-0.39, 0.29) is 35.8 Å². The zero-order valence-electron chi connectivity index (χ0n) is 15.4. The number of carbonyl (C=O) groups excluding carboxylic acids is 1. The highest BCUT2D eigenvalue weighted by Crippen LogP contribution is 2.20. The molecule has 2 aromatic rings. The summed E-state index contributed by atoms with van der Waals surface area (Å²) in [4.78, 5) is 14.3. The van der Waals surface area contributed by atoms with E-state index in [0.29, 0.717) is 17.9 Å². The number of nitrogens with one attached hydrogen (secondary N) is 1. The Kier molecular flexibility index (Phi) is 5.65. The molecule has 6 nitrogen and oxygen atoms in total. The van der Waals surface area contributed by atoms with E-state index >= 15 is 0 Å². The highest BCUT2D eigenvalue weighted by Gasteiger charge is 2.25. The number of anilines is 1. The molecule has 0 aliphatic carbocycles. The molecule has 1 N–H and O–H groups in total. The van der Waals surface area contributed by atoms with Crippen LogP contribution in [-0.2, 0) is 11.2 Å². The average molecular weight is 367 g/mol. The van der Waals surface area contributed by atoms with Crippen molar-refractivity contribution in [2.75, 3.05) is 18.0 Å². The van der Waals surface area contributed by atoms with Gasteiger partial charge in [-0.2, -0.15) is 5.26 Å². The fourth-order valence-electron chi connectivity index (χ4n) is 3.16. The van der Waals surface area contributed by atoms with Crippen LogP contribution in [-0.4, -0.2) is 35.2 Å². The van der Waals surface area contributed by atoms with Gasteiger partial charge in [0.1, 0.15) is 11.9 Å². The van der Waals surface area contributed by atoms with Crippen LogP contribution in [0.2, 0.25) is 0 Å². The van der Waals surface area contributed by atoms with Crippen LogP contribution in [0.25, 0.3) is 0 Å². The van der Waals surface area contributed by atoms with Crippen LogP contribution in [0.15, 0.2) is 30.3 Å². The Morgan fingerprint density at radius 2 is 2.19 bits per heavy atom. The van der Waals surface area contributed by atoms with E-state index in [2.05, 4.69) is 15.5 Å². The molecule has 27 heavy (non-hydrogen) atoms. The van der Waals surface area contributed by atoms with E-state index in [0.717, 1.165) is 18.5 Å². The molecule has 0 saturated carbocycles. The SMILES string of the molecule is CC(C)c1ccc(CC(=O)N[C@H]2CCN(c3ccc(C#N)nn3)C2)c(F)c1. The van der Waals surface area contributed by atoms with Gasteiger partial charge in [0.15, 0.2) is 11.5 Å². The second-order valence-corrected chi connectivity index (χ2v) is 7.07. The first-order chi connectivity index (χ1) is 13.0. The maximum atomic E-state index is 14.2. The molecule has 3 rings (SSSR count). The van der Waals surface area contributed by atoms with Gasteiger partial charge in [-0.3, -0.25) is 4.79 Å². The number of rotatable bonds is 5. The molecule has 1 saturated heterocycles. The molecular weight excluding hydrogens is 345 g/mol. The number of nitrogens with zero attached hydrogens (tertiary/aromatic N) is 4. The Morgan fingerprint density at radius 1 is 1.37 bits per heavy atom. The number of hydrogen-bond donors (Lipinski definition) is 1. The predicted molar refractivity (Wildman–Crippen MR) is 99.7 cm³/mol. The highest BCUT2D eigenvalue weighted by atomic mass is 19.1. The first kappa shape index (κ1) is 18.8. The fraction of sp³-hybridized carbons (Fsp3) is 0.400. The van der Waals surface area contributed by atoms with Crippen LogP contribution in [0.3, 0.4) is 0 Å². The van der Waals surface area contributed by atoms with E-state index in [1.165, 1.54) is 6.07 Å². The second-order valence-electron chi connectivity index (χ2n) is 7.07. The van der Waals surface area contributed by atoms with Gasteiger partial charge in [0, 0.05) is 19.1 Å². The number of halogens is 1. The normalized spacial score (nSPS) is 16.4. The first-order valence-corrected chi connectivity index (χ1v) is 9.02. The smallest absolute Gasteiger partial charge is 0.224 e. The summed E-state index contributed by atoms with van der Waals surface area (Å²) in [6, 6.07) is 10.4. The van der Waals surface area contributed by atoms with Gasteiger partial charge in [-0.25, -0.2) is 4.39 Å². The largest absolute Gasteiger partial charge is 0.353 e. The van der Waals surface area contributed by atoms with Crippen molar-refractivity contribution in [3.8, 4) is 6.07 Å². The van der Waals surface area contributed by atoms with Gasteiger partial charge in [-0.15, -0.1) is 10.2 Å². The minimum atomic E-state index is -0.336. The lowest BCUT2D eigenvalue weighted by atomic mass is 10.00. The summed E-state index contributed by atoms with van der Waals surface area (Å²) in [5, 5.41) is 19.6. The Hall–Kier alpha value is -3.01. The van der Waals surface area contributed by atoms with E-state index in [4.69, 9.17) is 5.26 Å². The van der Waals surface area contributed by atoms with Gasteiger partial charge in [0.05, 0.1) is 6.42 Å². The Bertz CT molecular complexity index is 860. The van der Waals surface area contributed by atoms with Crippen molar-refractivity contribution in [3.63, 3.8) is 0 Å². The fourth-order valence-corrected chi connectivity index (χ4v) is 3.16. The Balaban J connectivity index is 1.55. The number of carbonyl (C=O) groups is 1. The molecule has 0 radical (unpaired) electrons. The zero-order valence-corrected chi connectivity index (χ0v) is 15.4. The molecule has 1 atom stereocenters. The lowest BCUT2D eigenvalue weighted by molar-refractivity contribution is -0.121. The zero-order chi connectivity index (χ0) is 19.4. The van der Waals surface area contributed by atoms with Crippen molar-refractivity contribution < 1.29 is 9.18 Å². The van der Waals surface area contributed by atoms with Crippen molar-refractivity contribution in [1.29, 1.82) is 5.26 Å². The van der Waals surface area contributed by atoms with Crippen molar-refractivity contribution >= 4 is 11.7 Å². The van der Waals surface area contributed by atoms with Crippen LogP contribution in [0.1, 0.15) is 43.0 Å². The summed E-state index contributed by atoms with van der Waals surface area (Å²) in [5.74, 6) is 0.402. The molecule has 1 fully saturated rings.